The quantitative estimate of drug-likeness (QED) is 0.0688. The fourth-order valence-corrected chi connectivity index (χ4v) is 1.54. The van der Waals surface area contributed by atoms with Crippen LogP contribution in [0.25, 0.3) is 0 Å². The highest BCUT2D eigenvalue weighted by atomic mass is 32.2. The van der Waals surface area contributed by atoms with Crippen LogP contribution in [-0.4, -0.2) is 99.5 Å². The van der Waals surface area contributed by atoms with E-state index in [1.165, 1.54) is 0 Å². The second-order valence-electron chi connectivity index (χ2n) is 5.94. The van der Waals surface area contributed by atoms with Crippen molar-refractivity contribution in [2.75, 3.05) is 94.4 Å². The van der Waals surface area contributed by atoms with Crippen LogP contribution in [0, 0.1) is 0 Å². The monoisotopic (exact) mass is 653 g/mol. The summed E-state index contributed by atoms with van der Waals surface area (Å²) in [7, 11) is 0. The molecule has 0 aromatic heterocycles. The second-order valence-corrected chi connectivity index (χ2v) is 8.61. The van der Waals surface area contributed by atoms with E-state index in [0.717, 1.165) is 76.8 Å². The Balaban J connectivity index is -0.0000000586. The van der Waals surface area contributed by atoms with E-state index in [9.17, 15) is 0 Å². The Kier molecular flexibility index (Phi) is 123. The molecule has 0 saturated heterocycles. The molecule has 0 saturated carbocycles. The van der Waals surface area contributed by atoms with Crippen molar-refractivity contribution >= 4 is 75.8 Å². The van der Waals surface area contributed by atoms with E-state index in [0.29, 0.717) is 37.3 Å². The Bertz CT molecular complexity index is 204. The van der Waals surface area contributed by atoms with E-state index in [1.54, 1.807) is 0 Å². The predicted octanol–water partition coefficient (Wildman–Crippen LogP) is 3.93. The van der Waals surface area contributed by atoms with Crippen LogP contribution in [0.4, 0.5) is 0 Å². The van der Waals surface area contributed by atoms with Gasteiger partial charge in [0, 0.05) is 62.0 Å². The van der Waals surface area contributed by atoms with Crippen LogP contribution in [0.5, 0.6) is 0 Å². The van der Waals surface area contributed by atoms with Crippen molar-refractivity contribution in [3.8, 4) is 0 Å². The number of ether oxygens (including phenoxy) is 4. The summed E-state index contributed by atoms with van der Waals surface area (Å²) < 4.78 is 20.1. The minimum Gasteiger partial charge on any atom is -0.386 e. The van der Waals surface area contributed by atoms with Crippen molar-refractivity contribution in [1.82, 2.24) is 0 Å². The Morgan fingerprint density at radius 2 is 0.676 bits per heavy atom. The summed E-state index contributed by atoms with van der Waals surface area (Å²) in [6, 6.07) is 0. The van der Waals surface area contributed by atoms with Crippen molar-refractivity contribution in [3.05, 3.63) is 0 Å². The Morgan fingerprint density at radius 1 is 0.486 bits per heavy atom. The first kappa shape index (κ1) is 54.8. The maximum absolute atomic E-state index is 7.43. The molecule has 0 aromatic carbocycles. The van der Waals surface area contributed by atoms with Crippen LogP contribution in [0.15, 0.2) is 0 Å². The van der Waals surface area contributed by atoms with Gasteiger partial charge < -0.3 is 41.3 Å². The van der Waals surface area contributed by atoms with Gasteiger partial charge in [-0.3, -0.25) is 0 Å². The third kappa shape index (κ3) is 153. The predicted molar refractivity (Wildman–Crippen MR) is 187 cm³/mol. The molecule has 37 heavy (non-hydrogen) atoms. The van der Waals surface area contributed by atoms with Crippen molar-refractivity contribution in [1.29, 1.82) is 0 Å². The minimum atomic E-state index is -0.0556. The van der Waals surface area contributed by atoms with Crippen molar-refractivity contribution in [3.63, 3.8) is 0 Å². The second kappa shape index (κ2) is 83.2. The number of aliphatic hydroxyl groups excluding tert-OH is 1. The van der Waals surface area contributed by atoms with Gasteiger partial charge in [0.05, 0.1) is 32.4 Å². The molecule has 236 valence electrons. The molecule has 0 spiro atoms. The summed E-state index contributed by atoms with van der Waals surface area (Å²) >= 11 is 22.2. The van der Waals surface area contributed by atoms with Crippen LogP contribution in [0.3, 0.4) is 0 Å². The first-order valence-corrected chi connectivity index (χ1v) is 16.4. The summed E-state index contributed by atoms with van der Waals surface area (Å²) in [6.45, 7) is 16.1. The lowest BCUT2D eigenvalue weighted by Crippen LogP contribution is -2.08. The smallest absolute Gasteiger partial charge is 0.0857 e. The summed E-state index contributed by atoms with van der Waals surface area (Å²) in [5.74, 6) is 2.06. The largest absolute Gasteiger partial charge is 0.386 e. The lowest BCUT2D eigenvalue weighted by molar-refractivity contribution is 0.142. The molecule has 0 fully saturated rings. The molecular formula is C23H63N3O5S6. The summed E-state index contributed by atoms with van der Waals surface area (Å²) in [5, 5.41) is 8.07. The third-order valence-electron chi connectivity index (χ3n) is 2.39. The van der Waals surface area contributed by atoms with E-state index >= 15 is 0 Å². The van der Waals surface area contributed by atoms with Crippen LogP contribution in [0.2, 0.25) is 0 Å². The average Bonchev–Trinajstić information content (AvgIpc) is 2.88. The molecular weight excluding hydrogens is 591 g/mol. The van der Waals surface area contributed by atoms with E-state index in [-0.39, 0.29) is 5.94 Å². The Labute approximate surface area is 263 Å². The van der Waals surface area contributed by atoms with E-state index in [1.807, 2.05) is 0 Å². The fraction of sp³-hybridized carbons (Fsp3) is 1.00. The third-order valence-corrected chi connectivity index (χ3v) is 2.75. The first-order valence-electron chi connectivity index (χ1n) is 12.6. The summed E-state index contributed by atoms with van der Waals surface area (Å²) in [4.78, 5) is 0. The van der Waals surface area contributed by atoms with Gasteiger partial charge in [0.25, 0.3) is 0 Å². The van der Waals surface area contributed by atoms with E-state index in [4.69, 9.17) is 41.3 Å². The zero-order valence-corrected chi connectivity index (χ0v) is 29.3. The maximum Gasteiger partial charge on any atom is 0.0857 e. The van der Waals surface area contributed by atoms with Gasteiger partial charge in [0.2, 0.25) is 0 Å². The number of hydrogen-bond acceptors (Lipinski definition) is 14. The lowest BCUT2D eigenvalue weighted by Gasteiger charge is -1.95. The number of thiol groups is 6. The summed E-state index contributed by atoms with van der Waals surface area (Å²) in [6.07, 6.45) is 4.38. The molecule has 8 nitrogen and oxygen atoms in total. The molecule has 0 heterocycles. The van der Waals surface area contributed by atoms with E-state index < -0.39 is 0 Å². The lowest BCUT2D eigenvalue weighted by atomic mass is 10.5. The maximum atomic E-state index is 7.43. The molecule has 0 aliphatic rings. The molecule has 0 aromatic rings. The van der Waals surface area contributed by atoms with Crippen LogP contribution in [-0.2, 0) is 18.9 Å². The standard InChI is InChI=1S/2C5H13NO.2C5H12OS.CH5NS.CH4OS.CH4S2/c2*1-2-4-7-5-3-6;2*1-2-3-6-4-5-7;3*2-1-3/h2*2-6H2,1H3;2*7H,2-5H2,1H3;3H,1-2H2;2*2-3H,1H2. The summed E-state index contributed by atoms with van der Waals surface area (Å²) in [5.41, 5.74) is 15.0. The van der Waals surface area contributed by atoms with Gasteiger partial charge in [-0.15, -0.1) is 0 Å². The molecule has 0 aliphatic carbocycles. The fourth-order valence-electron chi connectivity index (χ4n) is 1.28. The van der Waals surface area contributed by atoms with Gasteiger partial charge in [-0.05, 0) is 25.7 Å². The molecule has 0 bridgehead atoms. The van der Waals surface area contributed by atoms with Crippen molar-refractivity contribution in [2.24, 2.45) is 17.2 Å². The minimum absolute atomic E-state index is 0.0556. The highest BCUT2D eigenvalue weighted by molar-refractivity contribution is 7.98. The number of nitrogens with two attached hydrogens (primary N) is 3. The zero-order chi connectivity index (χ0) is 30.3. The molecule has 0 amide bonds. The highest BCUT2D eigenvalue weighted by Crippen LogP contribution is 1.81. The number of rotatable bonds is 16. The van der Waals surface area contributed by atoms with Gasteiger partial charge >= 0.3 is 0 Å². The molecule has 0 aliphatic heterocycles. The number of aliphatic hydroxyl groups is 1. The molecule has 14 heteroatoms. The topological polar surface area (TPSA) is 135 Å². The van der Waals surface area contributed by atoms with Gasteiger partial charge in [-0.25, -0.2) is 0 Å². The zero-order valence-electron chi connectivity index (χ0n) is 23.9. The average molecular weight is 654 g/mol. The van der Waals surface area contributed by atoms with Crippen LogP contribution >= 0.6 is 75.8 Å². The van der Waals surface area contributed by atoms with Crippen molar-refractivity contribution in [2.45, 2.75) is 53.4 Å². The van der Waals surface area contributed by atoms with Gasteiger partial charge in [0.1, 0.15) is 0 Å². The van der Waals surface area contributed by atoms with Crippen molar-refractivity contribution < 1.29 is 24.1 Å². The van der Waals surface area contributed by atoms with Gasteiger partial charge in [-0.2, -0.15) is 75.8 Å². The molecule has 0 atom stereocenters. The molecule has 0 unspecified atom stereocenters. The SMILES string of the molecule is CCCOCCN.CCCOCCN.CCCOCCS.CCCOCCS.NCS.OCS.SCS. The van der Waals surface area contributed by atoms with Gasteiger partial charge in [-0.1, -0.05) is 27.7 Å². The molecule has 0 rings (SSSR count). The normalized spacial score (nSPS) is 8.59. The Hall–Kier alpha value is 1.78. The highest BCUT2D eigenvalue weighted by Gasteiger charge is 1.80. The molecule has 7 N–H and O–H groups in total. The first-order chi connectivity index (χ1) is 17.9. The van der Waals surface area contributed by atoms with E-state index in [2.05, 4.69) is 103 Å². The van der Waals surface area contributed by atoms with Crippen LogP contribution < -0.4 is 17.2 Å². The van der Waals surface area contributed by atoms with Gasteiger partial charge in [0.15, 0.2) is 0 Å². The van der Waals surface area contributed by atoms with Crippen LogP contribution in [0.1, 0.15) is 53.4 Å². The Morgan fingerprint density at radius 3 is 0.811 bits per heavy atom. The number of hydrogen-bond donors (Lipinski definition) is 10. The molecule has 0 radical (unpaired) electrons.